The second-order valence-electron chi connectivity index (χ2n) is 7.00. The van der Waals surface area contributed by atoms with Gasteiger partial charge in [-0.3, -0.25) is 9.89 Å². The summed E-state index contributed by atoms with van der Waals surface area (Å²) in [5.74, 6) is 1.94. The van der Waals surface area contributed by atoms with Crippen molar-refractivity contribution in [3.05, 3.63) is 0 Å². The fourth-order valence-corrected chi connectivity index (χ4v) is 3.55. The summed E-state index contributed by atoms with van der Waals surface area (Å²) in [7, 11) is 1.92. The first-order valence-corrected chi connectivity index (χ1v) is 8.90. The summed E-state index contributed by atoms with van der Waals surface area (Å²) in [5, 5.41) is 3.55. The van der Waals surface area contributed by atoms with Gasteiger partial charge in [0.25, 0.3) is 0 Å². The van der Waals surface area contributed by atoms with Gasteiger partial charge in [-0.05, 0) is 44.7 Å². The van der Waals surface area contributed by atoms with E-state index in [9.17, 15) is 0 Å². The molecule has 2 saturated heterocycles. The van der Waals surface area contributed by atoms with Crippen LogP contribution in [0.5, 0.6) is 0 Å². The molecule has 0 amide bonds. The molecular formula is C17H34N4. The zero-order chi connectivity index (χ0) is 15.1. The summed E-state index contributed by atoms with van der Waals surface area (Å²) >= 11 is 0. The van der Waals surface area contributed by atoms with Crippen LogP contribution < -0.4 is 5.32 Å². The van der Waals surface area contributed by atoms with Crippen molar-refractivity contribution in [1.29, 1.82) is 0 Å². The van der Waals surface area contributed by atoms with E-state index in [1.807, 2.05) is 7.05 Å². The SMILES string of the molecule is CN=C(NCCCCC(C)C)N1CCC(N2CCCC2)C1. The van der Waals surface area contributed by atoms with Crippen LogP contribution in [0.3, 0.4) is 0 Å². The molecule has 122 valence electrons. The van der Waals surface area contributed by atoms with Crippen molar-refractivity contribution in [2.45, 2.75) is 58.4 Å². The third kappa shape index (κ3) is 5.17. The van der Waals surface area contributed by atoms with Crippen molar-refractivity contribution in [2.75, 3.05) is 39.8 Å². The lowest BCUT2D eigenvalue weighted by Gasteiger charge is -2.25. The highest BCUT2D eigenvalue weighted by Gasteiger charge is 2.30. The Balaban J connectivity index is 1.67. The maximum absolute atomic E-state index is 4.48. The lowest BCUT2D eigenvalue weighted by Crippen LogP contribution is -2.43. The standard InChI is InChI=1S/C17H34N4/c1-15(2)8-4-5-10-19-17(18-3)21-13-9-16(14-21)20-11-6-7-12-20/h15-16H,4-14H2,1-3H3,(H,18,19). The second-order valence-corrected chi connectivity index (χ2v) is 7.00. The van der Waals surface area contributed by atoms with Gasteiger partial charge >= 0.3 is 0 Å². The average molecular weight is 294 g/mol. The Morgan fingerprint density at radius 1 is 1.19 bits per heavy atom. The maximum Gasteiger partial charge on any atom is 0.193 e. The van der Waals surface area contributed by atoms with Gasteiger partial charge < -0.3 is 10.2 Å². The Kier molecular flexibility index (Phi) is 6.81. The zero-order valence-electron chi connectivity index (χ0n) is 14.3. The van der Waals surface area contributed by atoms with E-state index in [0.29, 0.717) is 0 Å². The Labute approximate surface area is 131 Å². The van der Waals surface area contributed by atoms with Crippen LogP contribution in [0.25, 0.3) is 0 Å². The predicted molar refractivity (Wildman–Crippen MR) is 90.8 cm³/mol. The Hall–Kier alpha value is -0.770. The molecule has 0 aromatic heterocycles. The summed E-state index contributed by atoms with van der Waals surface area (Å²) < 4.78 is 0. The van der Waals surface area contributed by atoms with Crippen molar-refractivity contribution in [3.63, 3.8) is 0 Å². The van der Waals surface area contributed by atoms with Gasteiger partial charge in [-0.1, -0.05) is 26.7 Å². The minimum Gasteiger partial charge on any atom is -0.356 e. The Bertz CT molecular complexity index is 321. The van der Waals surface area contributed by atoms with Gasteiger partial charge in [0, 0.05) is 32.7 Å². The maximum atomic E-state index is 4.48. The molecule has 4 heteroatoms. The van der Waals surface area contributed by atoms with Crippen molar-refractivity contribution in [3.8, 4) is 0 Å². The van der Waals surface area contributed by atoms with Gasteiger partial charge in [0.15, 0.2) is 5.96 Å². The highest BCUT2D eigenvalue weighted by molar-refractivity contribution is 5.80. The van der Waals surface area contributed by atoms with Crippen LogP contribution in [0.1, 0.15) is 52.4 Å². The first-order valence-electron chi connectivity index (χ1n) is 8.90. The molecule has 1 atom stereocenters. The quantitative estimate of drug-likeness (QED) is 0.464. The number of rotatable bonds is 6. The number of nitrogens with one attached hydrogen (secondary N) is 1. The number of guanidine groups is 1. The molecule has 2 rings (SSSR count). The summed E-state index contributed by atoms with van der Waals surface area (Å²) in [6.45, 7) is 10.6. The minimum absolute atomic E-state index is 0.756. The zero-order valence-corrected chi connectivity index (χ0v) is 14.3. The first kappa shape index (κ1) is 16.6. The van der Waals surface area contributed by atoms with Crippen LogP contribution >= 0.6 is 0 Å². The molecule has 1 N–H and O–H groups in total. The van der Waals surface area contributed by atoms with Crippen LogP contribution in [0.4, 0.5) is 0 Å². The highest BCUT2D eigenvalue weighted by atomic mass is 15.3. The van der Waals surface area contributed by atoms with Gasteiger partial charge in [-0.2, -0.15) is 0 Å². The normalized spacial score (nSPS) is 24.3. The molecule has 1 unspecified atom stereocenters. The number of nitrogens with zero attached hydrogens (tertiary/aromatic N) is 3. The molecule has 0 aliphatic carbocycles. The van der Waals surface area contributed by atoms with Crippen molar-refractivity contribution in [2.24, 2.45) is 10.9 Å². The summed E-state index contributed by atoms with van der Waals surface area (Å²) in [6, 6.07) is 0.756. The lowest BCUT2D eigenvalue weighted by atomic mass is 10.1. The molecule has 4 nitrogen and oxygen atoms in total. The topological polar surface area (TPSA) is 30.9 Å². The third-order valence-electron chi connectivity index (χ3n) is 4.82. The molecule has 2 fully saturated rings. The molecule has 2 aliphatic heterocycles. The summed E-state index contributed by atoms with van der Waals surface area (Å²) in [5.41, 5.74) is 0. The molecule has 2 aliphatic rings. The Morgan fingerprint density at radius 3 is 2.62 bits per heavy atom. The van der Waals surface area contributed by atoms with Gasteiger partial charge in [0.05, 0.1) is 0 Å². The smallest absolute Gasteiger partial charge is 0.193 e. The van der Waals surface area contributed by atoms with Crippen LogP contribution in [0.15, 0.2) is 4.99 Å². The molecule has 21 heavy (non-hydrogen) atoms. The Morgan fingerprint density at radius 2 is 1.95 bits per heavy atom. The molecule has 0 bridgehead atoms. The average Bonchev–Trinajstić information content (AvgIpc) is 3.12. The molecule has 0 spiro atoms. The van der Waals surface area contributed by atoms with Gasteiger partial charge in [0.1, 0.15) is 0 Å². The second kappa shape index (κ2) is 8.62. The van der Waals surface area contributed by atoms with E-state index in [0.717, 1.165) is 37.6 Å². The van der Waals surface area contributed by atoms with Gasteiger partial charge in [0.2, 0.25) is 0 Å². The molecule has 0 aromatic carbocycles. The van der Waals surface area contributed by atoms with Crippen molar-refractivity contribution >= 4 is 5.96 Å². The van der Waals surface area contributed by atoms with E-state index in [4.69, 9.17) is 0 Å². The fourth-order valence-electron chi connectivity index (χ4n) is 3.55. The number of likely N-dealkylation sites (tertiary alicyclic amines) is 2. The fraction of sp³-hybridized carbons (Fsp3) is 0.941. The first-order chi connectivity index (χ1) is 10.2. The number of aliphatic imine (C=N–C) groups is 1. The molecular weight excluding hydrogens is 260 g/mol. The molecule has 0 saturated carbocycles. The number of hydrogen-bond donors (Lipinski definition) is 1. The van der Waals surface area contributed by atoms with Crippen molar-refractivity contribution in [1.82, 2.24) is 15.1 Å². The van der Waals surface area contributed by atoms with E-state index in [2.05, 4.69) is 34.0 Å². The molecule has 0 aromatic rings. The van der Waals surface area contributed by atoms with Crippen LogP contribution in [0, 0.1) is 5.92 Å². The summed E-state index contributed by atoms with van der Waals surface area (Å²) in [6.07, 6.45) is 7.98. The predicted octanol–water partition coefficient (Wildman–Crippen LogP) is 2.56. The van der Waals surface area contributed by atoms with E-state index < -0.39 is 0 Å². The van der Waals surface area contributed by atoms with Crippen LogP contribution in [-0.4, -0.2) is 61.6 Å². The van der Waals surface area contributed by atoms with Gasteiger partial charge in [-0.15, -0.1) is 0 Å². The lowest BCUT2D eigenvalue weighted by molar-refractivity contribution is 0.249. The van der Waals surface area contributed by atoms with E-state index >= 15 is 0 Å². The van der Waals surface area contributed by atoms with E-state index in [1.54, 1.807) is 0 Å². The molecule has 0 radical (unpaired) electrons. The van der Waals surface area contributed by atoms with Crippen LogP contribution in [-0.2, 0) is 0 Å². The number of unbranched alkanes of at least 4 members (excludes halogenated alkanes) is 1. The van der Waals surface area contributed by atoms with Crippen molar-refractivity contribution < 1.29 is 0 Å². The van der Waals surface area contributed by atoms with E-state index in [1.165, 1.54) is 51.6 Å². The minimum atomic E-state index is 0.756. The third-order valence-corrected chi connectivity index (χ3v) is 4.82. The number of hydrogen-bond acceptors (Lipinski definition) is 2. The monoisotopic (exact) mass is 294 g/mol. The summed E-state index contributed by atoms with van der Waals surface area (Å²) in [4.78, 5) is 9.60. The van der Waals surface area contributed by atoms with Crippen LogP contribution in [0.2, 0.25) is 0 Å². The molecule has 2 heterocycles. The van der Waals surface area contributed by atoms with E-state index in [-0.39, 0.29) is 0 Å². The van der Waals surface area contributed by atoms with Gasteiger partial charge in [-0.25, -0.2) is 0 Å². The largest absolute Gasteiger partial charge is 0.356 e. The highest BCUT2D eigenvalue weighted by Crippen LogP contribution is 2.20.